The van der Waals surface area contributed by atoms with Gasteiger partial charge in [0.1, 0.15) is 0 Å². The third-order valence-electron chi connectivity index (χ3n) is 3.12. The number of rotatable bonds is 2. The molecule has 0 saturated heterocycles. The van der Waals surface area contributed by atoms with Crippen molar-refractivity contribution in [3.05, 3.63) is 40.2 Å². The van der Waals surface area contributed by atoms with Crippen molar-refractivity contribution in [2.75, 3.05) is 0 Å². The van der Waals surface area contributed by atoms with Gasteiger partial charge in [0.05, 0.1) is 11.1 Å². The van der Waals surface area contributed by atoms with Crippen LogP contribution in [0.1, 0.15) is 25.3 Å². The number of hydrogen-bond donors (Lipinski definition) is 2. The summed E-state index contributed by atoms with van der Waals surface area (Å²) in [5.74, 6) is 0.647. The number of aromatic amines is 2. The fourth-order valence-corrected chi connectivity index (χ4v) is 2.18. The summed E-state index contributed by atoms with van der Waals surface area (Å²) in [6, 6.07) is 7.76. The van der Waals surface area contributed by atoms with Crippen LogP contribution in [0.3, 0.4) is 0 Å². The van der Waals surface area contributed by atoms with Gasteiger partial charge in [-0.2, -0.15) is 5.21 Å². The molecule has 0 unspecified atom stereocenters. The molecule has 1 aromatic carbocycles. The van der Waals surface area contributed by atoms with E-state index >= 15 is 0 Å². The van der Waals surface area contributed by atoms with E-state index in [0.717, 1.165) is 16.5 Å². The molecule has 2 N–H and O–H groups in total. The third-order valence-corrected chi connectivity index (χ3v) is 3.12. The van der Waals surface area contributed by atoms with E-state index in [1.807, 2.05) is 18.2 Å². The van der Waals surface area contributed by atoms with Crippen molar-refractivity contribution in [1.82, 2.24) is 25.6 Å². The topological polar surface area (TPSA) is 87.3 Å². The summed E-state index contributed by atoms with van der Waals surface area (Å²) in [6.07, 6.45) is 0. The summed E-state index contributed by atoms with van der Waals surface area (Å²) in [5, 5.41) is 14.5. The lowest BCUT2D eigenvalue weighted by Gasteiger charge is -2.09. The summed E-state index contributed by atoms with van der Waals surface area (Å²) < 4.78 is 0. The van der Waals surface area contributed by atoms with E-state index in [9.17, 15) is 4.79 Å². The Bertz CT molecular complexity index is 773. The standard InChI is InChI=1S/C13H13N5O/c1-7(2)9-5-3-4-8-6-10(12-15-17-18-16-12)13(19)14-11(8)9/h3-7H,1-2H3,(H,14,19)(H,15,16,17,18). The number of H-pyrrole nitrogens is 2. The molecule has 0 radical (unpaired) electrons. The number of benzene rings is 1. The van der Waals surface area contributed by atoms with Gasteiger partial charge in [0, 0.05) is 0 Å². The average molecular weight is 255 g/mol. The van der Waals surface area contributed by atoms with Crippen molar-refractivity contribution in [1.29, 1.82) is 0 Å². The lowest BCUT2D eigenvalue weighted by Crippen LogP contribution is -2.10. The second kappa shape index (κ2) is 4.31. The average Bonchev–Trinajstić information content (AvgIpc) is 2.90. The van der Waals surface area contributed by atoms with Crippen molar-refractivity contribution in [2.45, 2.75) is 19.8 Å². The van der Waals surface area contributed by atoms with Gasteiger partial charge in [-0.3, -0.25) is 4.79 Å². The Morgan fingerprint density at radius 3 is 2.79 bits per heavy atom. The van der Waals surface area contributed by atoms with Crippen LogP contribution in [0, 0.1) is 0 Å². The van der Waals surface area contributed by atoms with Crippen molar-refractivity contribution in [2.24, 2.45) is 0 Å². The maximum Gasteiger partial charge on any atom is 0.259 e. The summed E-state index contributed by atoms with van der Waals surface area (Å²) in [6.45, 7) is 4.19. The van der Waals surface area contributed by atoms with Gasteiger partial charge < -0.3 is 4.98 Å². The second-order valence-electron chi connectivity index (χ2n) is 4.71. The number of nitrogens with zero attached hydrogens (tertiary/aromatic N) is 3. The highest BCUT2D eigenvalue weighted by atomic mass is 16.1. The van der Waals surface area contributed by atoms with Crippen LogP contribution < -0.4 is 5.56 Å². The first-order chi connectivity index (χ1) is 9.16. The Kier molecular flexibility index (Phi) is 2.63. The zero-order valence-electron chi connectivity index (χ0n) is 10.6. The largest absolute Gasteiger partial charge is 0.321 e. The van der Waals surface area contributed by atoms with Crippen LogP contribution in [-0.2, 0) is 0 Å². The zero-order chi connectivity index (χ0) is 13.4. The molecule has 0 aliphatic heterocycles. The van der Waals surface area contributed by atoms with E-state index in [0.29, 0.717) is 17.3 Å². The molecule has 0 aliphatic carbocycles. The van der Waals surface area contributed by atoms with Gasteiger partial charge in [-0.05, 0) is 28.1 Å². The third kappa shape index (κ3) is 1.91. The molecule has 2 heterocycles. The fourth-order valence-electron chi connectivity index (χ4n) is 2.18. The van der Waals surface area contributed by atoms with Gasteiger partial charge in [0.2, 0.25) is 5.82 Å². The van der Waals surface area contributed by atoms with E-state index in [-0.39, 0.29) is 5.56 Å². The molecule has 0 bridgehead atoms. The lowest BCUT2D eigenvalue weighted by molar-refractivity contribution is 0.872. The molecule has 3 aromatic rings. The van der Waals surface area contributed by atoms with Gasteiger partial charge in [-0.25, -0.2) is 0 Å². The van der Waals surface area contributed by atoms with Crippen LogP contribution in [0.2, 0.25) is 0 Å². The Morgan fingerprint density at radius 2 is 2.11 bits per heavy atom. The monoisotopic (exact) mass is 255 g/mol. The molecule has 6 heteroatoms. The Labute approximate surface area is 108 Å². The van der Waals surface area contributed by atoms with Crippen LogP contribution in [0.4, 0.5) is 0 Å². The molecule has 0 spiro atoms. The molecule has 0 atom stereocenters. The van der Waals surface area contributed by atoms with Gasteiger partial charge in [-0.1, -0.05) is 32.0 Å². The lowest BCUT2D eigenvalue weighted by atomic mass is 9.99. The zero-order valence-corrected chi connectivity index (χ0v) is 10.6. The quantitative estimate of drug-likeness (QED) is 0.731. The number of aromatic nitrogens is 5. The molecule has 0 aliphatic rings. The molecule has 0 saturated carbocycles. The van der Waals surface area contributed by atoms with Crippen molar-refractivity contribution in [3.63, 3.8) is 0 Å². The van der Waals surface area contributed by atoms with Crippen molar-refractivity contribution < 1.29 is 0 Å². The minimum atomic E-state index is -0.206. The number of para-hydroxylation sites is 1. The SMILES string of the molecule is CC(C)c1cccc2cc(-c3nn[nH]n3)c(=O)[nH]c12. The summed E-state index contributed by atoms with van der Waals surface area (Å²) >= 11 is 0. The van der Waals surface area contributed by atoms with Crippen LogP contribution in [0.5, 0.6) is 0 Å². The molecule has 96 valence electrons. The van der Waals surface area contributed by atoms with E-state index in [4.69, 9.17) is 0 Å². The Balaban J connectivity index is 2.31. The Hall–Kier alpha value is -2.50. The minimum Gasteiger partial charge on any atom is -0.321 e. The maximum atomic E-state index is 12.1. The molecule has 0 amide bonds. The smallest absolute Gasteiger partial charge is 0.259 e. The molecule has 0 fully saturated rings. The van der Waals surface area contributed by atoms with Crippen LogP contribution in [0.15, 0.2) is 29.1 Å². The van der Waals surface area contributed by atoms with Crippen LogP contribution >= 0.6 is 0 Å². The molecule has 19 heavy (non-hydrogen) atoms. The van der Waals surface area contributed by atoms with E-state index in [2.05, 4.69) is 39.5 Å². The Morgan fingerprint density at radius 1 is 1.26 bits per heavy atom. The molecule has 3 rings (SSSR count). The first-order valence-electron chi connectivity index (χ1n) is 6.06. The van der Waals surface area contributed by atoms with E-state index < -0.39 is 0 Å². The highest BCUT2D eigenvalue weighted by Gasteiger charge is 2.12. The first kappa shape index (κ1) is 11.6. The predicted octanol–water partition coefficient (Wildman–Crippen LogP) is 1.83. The highest BCUT2D eigenvalue weighted by Crippen LogP contribution is 2.24. The maximum absolute atomic E-state index is 12.1. The molecular formula is C13H13N5O. The number of nitrogens with one attached hydrogen (secondary N) is 2. The molecule has 6 nitrogen and oxygen atoms in total. The first-order valence-corrected chi connectivity index (χ1v) is 6.06. The van der Waals surface area contributed by atoms with Crippen molar-refractivity contribution in [3.8, 4) is 11.4 Å². The number of tetrazole rings is 1. The fraction of sp³-hybridized carbons (Fsp3) is 0.231. The summed E-state index contributed by atoms with van der Waals surface area (Å²) in [5.41, 5.74) is 2.20. The molecule has 2 aromatic heterocycles. The van der Waals surface area contributed by atoms with Crippen LogP contribution in [0.25, 0.3) is 22.3 Å². The number of hydrogen-bond acceptors (Lipinski definition) is 4. The van der Waals surface area contributed by atoms with E-state index in [1.54, 1.807) is 6.07 Å². The van der Waals surface area contributed by atoms with Gasteiger partial charge >= 0.3 is 0 Å². The second-order valence-corrected chi connectivity index (χ2v) is 4.71. The van der Waals surface area contributed by atoms with Gasteiger partial charge in [0.25, 0.3) is 5.56 Å². The van der Waals surface area contributed by atoms with Crippen LogP contribution in [-0.4, -0.2) is 25.6 Å². The number of pyridine rings is 1. The predicted molar refractivity (Wildman–Crippen MR) is 71.8 cm³/mol. The summed E-state index contributed by atoms with van der Waals surface area (Å²) in [7, 11) is 0. The number of fused-ring (bicyclic) bond motifs is 1. The minimum absolute atomic E-state index is 0.206. The van der Waals surface area contributed by atoms with Gasteiger partial charge in [0.15, 0.2) is 0 Å². The highest BCUT2D eigenvalue weighted by molar-refractivity contribution is 5.85. The summed E-state index contributed by atoms with van der Waals surface area (Å²) in [4.78, 5) is 15.0. The van der Waals surface area contributed by atoms with Crippen molar-refractivity contribution >= 4 is 10.9 Å². The molecular weight excluding hydrogens is 242 g/mol. The van der Waals surface area contributed by atoms with Gasteiger partial charge in [-0.15, -0.1) is 10.2 Å². The van der Waals surface area contributed by atoms with E-state index in [1.165, 1.54) is 0 Å². The normalized spacial score (nSPS) is 11.3.